The molecule has 152 valence electrons. The van der Waals surface area contributed by atoms with E-state index in [-0.39, 0.29) is 15.5 Å². The van der Waals surface area contributed by atoms with Crippen LogP contribution < -0.4 is 9.44 Å². The number of hydrogen-bond donors (Lipinski definition) is 2. The van der Waals surface area contributed by atoms with E-state index in [1.807, 2.05) is 0 Å². The molecule has 0 bridgehead atoms. The highest BCUT2D eigenvalue weighted by Gasteiger charge is 2.17. The van der Waals surface area contributed by atoms with Crippen molar-refractivity contribution in [3.05, 3.63) is 84.4 Å². The lowest BCUT2D eigenvalue weighted by Gasteiger charge is -2.11. The van der Waals surface area contributed by atoms with Crippen LogP contribution in [0.2, 0.25) is 0 Å². The van der Waals surface area contributed by atoms with E-state index in [9.17, 15) is 16.8 Å². The zero-order valence-corrected chi connectivity index (χ0v) is 17.5. The van der Waals surface area contributed by atoms with Gasteiger partial charge in [0.15, 0.2) is 0 Å². The lowest BCUT2D eigenvalue weighted by molar-refractivity contribution is 0.600. The van der Waals surface area contributed by atoms with Gasteiger partial charge in [-0.05, 0) is 60.5 Å². The Morgan fingerprint density at radius 1 is 0.621 bits per heavy atom. The first-order valence-electron chi connectivity index (χ1n) is 9.10. The van der Waals surface area contributed by atoms with Gasteiger partial charge in [0.25, 0.3) is 20.0 Å². The van der Waals surface area contributed by atoms with Crippen LogP contribution >= 0.6 is 0 Å². The van der Waals surface area contributed by atoms with Crippen molar-refractivity contribution in [2.45, 2.75) is 29.6 Å². The Bertz CT molecular complexity index is 1160. The van der Waals surface area contributed by atoms with E-state index in [2.05, 4.69) is 16.4 Å². The summed E-state index contributed by atoms with van der Waals surface area (Å²) in [4.78, 5) is 0.188. The topological polar surface area (TPSA) is 92.3 Å². The first-order valence-corrected chi connectivity index (χ1v) is 12.1. The third-order valence-corrected chi connectivity index (χ3v) is 7.01. The summed E-state index contributed by atoms with van der Waals surface area (Å²) in [5.74, 6) is 0. The minimum absolute atomic E-state index is 0.0354. The molecule has 3 rings (SSSR count). The van der Waals surface area contributed by atoms with E-state index < -0.39 is 20.0 Å². The molecule has 0 unspecified atom stereocenters. The average Bonchev–Trinajstić information content (AvgIpc) is 2.69. The van der Waals surface area contributed by atoms with Gasteiger partial charge in [-0.3, -0.25) is 9.44 Å². The molecule has 2 N–H and O–H groups in total. The monoisotopic (exact) mass is 430 g/mol. The largest absolute Gasteiger partial charge is 0.280 e. The van der Waals surface area contributed by atoms with Crippen LogP contribution in [0.15, 0.2) is 88.7 Å². The van der Waals surface area contributed by atoms with Gasteiger partial charge in [-0.25, -0.2) is 16.8 Å². The van der Waals surface area contributed by atoms with Crippen LogP contribution in [-0.2, 0) is 26.5 Å². The van der Waals surface area contributed by atoms with Gasteiger partial charge in [-0.1, -0.05) is 43.7 Å². The molecule has 0 saturated carbocycles. The minimum atomic E-state index is -3.76. The van der Waals surface area contributed by atoms with Gasteiger partial charge >= 0.3 is 0 Å². The standard InChI is InChI=1S/C21H22N2O4S2/c1-2-6-17-9-13-20(14-10-17)28(24,25)23-19-11-15-21(16-12-19)29(26,27)22-18-7-4-3-5-8-18/h3-5,7-16,22-23H,2,6H2,1H3. The zero-order chi connectivity index (χ0) is 20.9. The van der Waals surface area contributed by atoms with Crippen molar-refractivity contribution in [2.24, 2.45) is 0 Å². The van der Waals surface area contributed by atoms with Gasteiger partial charge in [-0.2, -0.15) is 0 Å². The lowest BCUT2D eigenvalue weighted by Crippen LogP contribution is -2.14. The van der Waals surface area contributed by atoms with E-state index in [0.717, 1.165) is 18.4 Å². The molecule has 6 nitrogen and oxygen atoms in total. The number of para-hydroxylation sites is 1. The number of aryl methyl sites for hydroxylation is 1. The Morgan fingerprint density at radius 2 is 1.07 bits per heavy atom. The summed E-state index contributed by atoms with van der Waals surface area (Å²) in [5, 5.41) is 0. The second-order valence-corrected chi connectivity index (χ2v) is 9.86. The maximum absolute atomic E-state index is 12.6. The highest BCUT2D eigenvalue weighted by molar-refractivity contribution is 7.93. The molecule has 0 amide bonds. The van der Waals surface area contributed by atoms with Crippen molar-refractivity contribution in [3.8, 4) is 0 Å². The van der Waals surface area contributed by atoms with Crippen LogP contribution in [0.4, 0.5) is 11.4 Å². The number of hydrogen-bond acceptors (Lipinski definition) is 4. The van der Waals surface area contributed by atoms with Crippen molar-refractivity contribution in [3.63, 3.8) is 0 Å². The van der Waals surface area contributed by atoms with Gasteiger partial charge < -0.3 is 0 Å². The fraction of sp³-hybridized carbons (Fsp3) is 0.143. The molecule has 0 aromatic heterocycles. The van der Waals surface area contributed by atoms with E-state index in [0.29, 0.717) is 5.69 Å². The average molecular weight is 431 g/mol. The van der Waals surface area contributed by atoms with Crippen molar-refractivity contribution >= 4 is 31.4 Å². The van der Waals surface area contributed by atoms with E-state index in [1.165, 1.54) is 24.3 Å². The van der Waals surface area contributed by atoms with Gasteiger partial charge in [0.05, 0.1) is 9.79 Å². The maximum atomic E-state index is 12.6. The number of benzene rings is 3. The highest BCUT2D eigenvalue weighted by Crippen LogP contribution is 2.21. The fourth-order valence-corrected chi connectivity index (χ4v) is 4.88. The third-order valence-electron chi connectivity index (χ3n) is 4.22. The molecule has 0 fully saturated rings. The Balaban J connectivity index is 1.74. The Kier molecular flexibility index (Phi) is 6.24. The molecule has 0 radical (unpaired) electrons. The van der Waals surface area contributed by atoms with E-state index in [4.69, 9.17) is 0 Å². The van der Waals surface area contributed by atoms with Crippen LogP contribution in [0.1, 0.15) is 18.9 Å². The summed E-state index contributed by atoms with van der Waals surface area (Å²) in [5.41, 5.74) is 1.80. The van der Waals surface area contributed by atoms with Crippen molar-refractivity contribution < 1.29 is 16.8 Å². The maximum Gasteiger partial charge on any atom is 0.261 e. The first-order chi connectivity index (χ1) is 13.8. The summed E-state index contributed by atoms with van der Waals surface area (Å²) in [6, 6.07) is 20.8. The lowest BCUT2D eigenvalue weighted by atomic mass is 10.1. The third kappa shape index (κ3) is 5.36. The molecule has 0 aliphatic carbocycles. The number of rotatable bonds is 8. The van der Waals surface area contributed by atoms with Crippen LogP contribution in [0.3, 0.4) is 0 Å². The summed E-state index contributed by atoms with van der Waals surface area (Å²) in [7, 11) is -7.52. The minimum Gasteiger partial charge on any atom is -0.280 e. The number of nitrogens with one attached hydrogen (secondary N) is 2. The van der Waals surface area contributed by atoms with Crippen molar-refractivity contribution in [2.75, 3.05) is 9.44 Å². The molecule has 0 aliphatic heterocycles. The molecular formula is C21H22N2O4S2. The highest BCUT2D eigenvalue weighted by atomic mass is 32.2. The number of anilines is 2. The van der Waals surface area contributed by atoms with Crippen LogP contribution in [0, 0.1) is 0 Å². The SMILES string of the molecule is CCCc1ccc(S(=O)(=O)Nc2ccc(S(=O)(=O)Nc3ccccc3)cc2)cc1. The van der Waals surface area contributed by atoms with E-state index >= 15 is 0 Å². The summed E-state index contributed by atoms with van der Waals surface area (Å²) in [6.07, 6.45) is 1.87. The fourth-order valence-electron chi connectivity index (χ4n) is 2.76. The molecule has 0 saturated heterocycles. The molecule has 0 atom stereocenters. The first kappa shape index (κ1) is 20.9. The molecule has 3 aromatic rings. The van der Waals surface area contributed by atoms with Gasteiger partial charge in [0, 0.05) is 11.4 Å². The zero-order valence-electron chi connectivity index (χ0n) is 15.9. The molecule has 8 heteroatoms. The summed E-state index contributed by atoms with van der Waals surface area (Å²) >= 11 is 0. The second kappa shape index (κ2) is 8.67. The normalized spacial score (nSPS) is 11.8. The predicted molar refractivity (Wildman–Crippen MR) is 115 cm³/mol. The predicted octanol–water partition coefficient (Wildman–Crippen LogP) is 4.24. The molecule has 29 heavy (non-hydrogen) atoms. The Labute approximate surface area is 171 Å². The second-order valence-electron chi connectivity index (χ2n) is 6.50. The Hall–Kier alpha value is -2.84. The summed E-state index contributed by atoms with van der Waals surface area (Å²) < 4.78 is 55.0. The Morgan fingerprint density at radius 3 is 1.55 bits per heavy atom. The van der Waals surface area contributed by atoms with E-state index in [1.54, 1.807) is 54.6 Å². The molecule has 0 heterocycles. The van der Waals surface area contributed by atoms with Crippen LogP contribution in [0.25, 0.3) is 0 Å². The smallest absolute Gasteiger partial charge is 0.261 e. The molecule has 0 spiro atoms. The van der Waals surface area contributed by atoms with Crippen LogP contribution in [0.5, 0.6) is 0 Å². The van der Waals surface area contributed by atoms with Crippen molar-refractivity contribution in [1.29, 1.82) is 0 Å². The number of sulfonamides is 2. The van der Waals surface area contributed by atoms with Gasteiger partial charge in [-0.15, -0.1) is 0 Å². The quantitative estimate of drug-likeness (QED) is 0.559. The van der Waals surface area contributed by atoms with Crippen LogP contribution in [-0.4, -0.2) is 16.8 Å². The van der Waals surface area contributed by atoms with Crippen molar-refractivity contribution in [1.82, 2.24) is 0 Å². The van der Waals surface area contributed by atoms with Gasteiger partial charge in [0.2, 0.25) is 0 Å². The molecular weight excluding hydrogens is 408 g/mol. The summed E-state index contributed by atoms with van der Waals surface area (Å²) in [6.45, 7) is 2.06. The molecule has 0 aliphatic rings. The van der Waals surface area contributed by atoms with Gasteiger partial charge in [0.1, 0.15) is 0 Å². The molecule has 3 aromatic carbocycles.